The molecule has 0 spiro atoms. The van der Waals surface area contributed by atoms with Crippen LogP contribution in [0, 0.1) is 13.8 Å². The van der Waals surface area contributed by atoms with E-state index in [1.807, 2.05) is 45.0 Å². The number of hydrogen-bond donors (Lipinski definition) is 0. The van der Waals surface area contributed by atoms with E-state index in [1.54, 1.807) is 12.4 Å². The Labute approximate surface area is 140 Å². The quantitative estimate of drug-likeness (QED) is 0.559. The zero-order chi connectivity index (χ0) is 17.9. The third-order valence-electron chi connectivity index (χ3n) is 3.73. The number of aryl methyl sites for hydroxylation is 2. The molecule has 0 N–H and O–H groups in total. The monoisotopic (exact) mass is 334 g/mol. The minimum absolute atomic E-state index is 0.467. The topological polar surface area (TPSA) is 15.6 Å². The lowest BCUT2D eigenvalue weighted by Crippen LogP contribution is -2.07. The normalized spacial score (nSPS) is 12.0. The SMILES string of the molecule is Cc1cc(N=CN(C)C)c(C)cc1Cc1cccc(C(F)(F)F)c1. The maximum Gasteiger partial charge on any atom is 0.416 e. The number of benzene rings is 2. The molecule has 128 valence electrons. The molecule has 0 fully saturated rings. The summed E-state index contributed by atoms with van der Waals surface area (Å²) in [5, 5.41) is 0. The maximum absolute atomic E-state index is 12.8. The van der Waals surface area contributed by atoms with E-state index in [2.05, 4.69) is 4.99 Å². The second-order valence-corrected chi connectivity index (χ2v) is 6.15. The molecule has 0 aliphatic heterocycles. The van der Waals surface area contributed by atoms with Crippen molar-refractivity contribution in [2.75, 3.05) is 14.1 Å². The molecule has 2 nitrogen and oxygen atoms in total. The Morgan fingerprint density at radius 1 is 1.04 bits per heavy atom. The first kappa shape index (κ1) is 18.0. The second-order valence-electron chi connectivity index (χ2n) is 6.15. The highest BCUT2D eigenvalue weighted by Gasteiger charge is 2.30. The van der Waals surface area contributed by atoms with E-state index in [-0.39, 0.29) is 0 Å². The van der Waals surface area contributed by atoms with Crippen molar-refractivity contribution >= 4 is 12.0 Å². The summed E-state index contributed by atoms with van der Waals surface area (Å²) in [6.45, 7) is 3.91. The van der Waals surface area contributed by atoms with Crippen molar-refractivity contribution in [3.63, 3.8) is 0 Å². The van der Waals surface area contributed by atoms with E-state index in [9.17, 15) is 13.2 Å². The molecular formula is C19H21F3N2. The van der Waals surface area contributed by atoms with Crippen LogP contribution >= 0.6 is 0 Å². The largest absolute Gasteiger partial charge is 0.416 e. The van der Waals surface area contributed by atoms with Crippen molar-refractivity contribution in [1.82, 2.24) is 4.90 Å². The van der Waals surface area contributed by atoms with Gasteiger partial charge in [-0.1, -0.05) is 24.3 Å². The number of alkyl halides is 3. The van der Waals surface area contributed by atoms with Gasteiger partial charge in [-0.25, -0.2) is 4.99 Å². The molecule has 2 aromatic rings. The first-order chi connectivity index (χ1) is 11.2. The van der Waals surface area contributed by atoms with Crippen molar-refractivity contribution < 1.29 is 13.2 Å². The first-order valence-corrected chi connectivity index (χ1v) is 7.63. The van der Waals surface area contributed by atoms with E-state index in [0.29, 0.717) is 12.0 Å². The van der Waals surface area contributed by atoms with Gasteiger partial charge in [-0.15, -0.1) is 0 Å². The van der Waals surface area contributed by atoms with Crippen molar-refractivity contribution in [2.24, 2.45) is 4.99 Å². The second kappa shape index (κ2) is 7.07. The molecule has 24 heavy (non-hydrogen) atoms. The third kappa shape index (κ3) is 4.60. The summed E-state index contributed by atoms with van der Waals surface area (Å²) in [5.41, 5.74) is 3.94. The Kier molecular flexibility index (Phi) is 5.32. The third-order valence-corrected chi connectivity index (χ3v) is 3.73. The van der Waals surface area contributed by atoms with Gasteiger partial charge in [-0.3, -0.25) is 0 Å². The molecule has 2 aromatic carbocycles. The zero-order valence-corrected chi connectivity index (χ0v) is 14.3. The van der Waals surface area contributed by atoms with Crippen LogP contribution in [-0.2, 0) is 12.6 Å². The van der Waals surface area contributed by atoms with Crippen LogP contribution in [0.4, 0.5) is 18.9 Å². The van der Waals surface area contributed by atoms with Crippen molar-refractivity contribution in [3.05, 3.63) is 64.2 Å². The standard InChI is InChI=1S/C19H21F3N2/c1-13-9-18(23-12-24(3)4)14(2)8-16(13)10-15-6-5-7-17(11-15)19(20,21)22/h5-9,11-12H,10H2,1-4H3. The molecule has 0 radical (unpaired) electrons. The smallest absolute Gasteiger partial charge is 0.369 e. The van der Waals surface area contributed by atoms with E-state index in [0.717, 1.165) is 28.4 Å². The summed E-state index contributed by atoms with van der Waals surface area (Å²) < 4.78 is 38.5. The molecule has 5 heteroatoms. The fourth-order valence-corrected chi connectivity index (χ4v) is 2.45. The first-order valence-electron chi connectivity index (χ1n) is 7.63. The maximum atomic E-state index is 12.8. The minimum atomic E-state index is -4.31. The van der Waals surface area contributed by atoms with Gasteiger partial charge in [0, 0.05) is 14.1 Å². The zero-order valence-electron chi connectivity index (χ0n) is 14.3. The molecule has 0 aromatic heterocycles. The molecule has 0 aliphatic carbocycles. The summed E-state index contributed by atoms with van der Waals surface area (Å²) >= 11 is 0. The van der Waals surface area contributed by atoms with Crippen LogP contribution in [0.15, 0.2) is 41.4 Å². The predicted octanol–water partition coefficient (Wildman–Crippen LogP) is 5.13. The fourth-order valence-electron chi connectivity index (χ4n) is 2.45. The van der Waals surface area contributed by atoms with Gasteiger partial charge in [0.25, 0.3) is 0 Å². The van der Waals surface area contributed by atoms with Crippen LogP contribution in [0.25, 0.3) is 0 Å². The fraction of sp³-hybridized carbons (Fsp3) is 0.316. The van der Waals surface area contributed by atoms with Crippen LogP contribution in [0.5, 0.6) is 0 Å². The molecule has 0 amide bonds. The Hall–Kier alpha value is -2.30. The molecule has 2 rings (SSSR count). The van der Waals surface area contributed by atoms with Crippen LogP contribution in [-0.4, -0.2) is 25.3 Å². The highest BCUT2D eigenvalue weighted by molar-refractivity contribution is 5.63. The van der Waals surface area contributed by atoms with E-state index >= 15 is 0 Å². The van der Waals surface area contributed by atoms with Crippen LogP contribution in [0.2, 0.25) is 0 Å². The van der Waals surface area contributed by atoms with Crippen molar-refractivity contribution in [2.45, 2.75) is 26.4 Å². The Morgan fingerprint density at radius 3 is 2.38 bits per heavy atom. The van der Waals surface area contributed by atoms with Crippen LogP contribution in [0.1, 0.15) is 27.8 Å². The Morgan fingerprint density at radius 2 is 1.75 bits per heavy atom. The van der Waals surface area contributed by atoms with Gasteiger partial charge < -0.3 is 4.90 Å². The molecule has 0 unspecified atom stereocenters. The number of aliphatic imine (C=N–C) groups is 1. The summed E-state index contributed by atoms with van der Waals surface area (Å²) in [6.07, 6.45) is -2.12. The van der Waals surface area contributed by atoms with Crippen LogP contribution in [0.3, 0.4) is 0 Å². The molecule has 0 heterocycles. The van der Waals surface area contributed by atoms with Gasteiger partial charge in [0.1, 0.15) is 0 Å². The van der Waals surface area contributed by atoms with Gasteiger partial charge in [0.05, 0.1) is 17.6 Å². The predicted molar refractivity (Wildman–Crippen MR) is 92.0 cm³/mol. The van der Waals surface area contributed by atoms with E-state index in [1.165, 1.54) is 12.1 Å². The summed E-state index contributed by atoms with van der Waals surface area (Å²) in [6, 6.07) is 9.46. The van der Waals surface area contributed by atoms with Gasteiger partial charge in [-0.2, -0.15) is 13.2 Å². The number of halogens is 3. The molecule has 0 atom stereocenters. The molecular weight excluding hydrogens is 313 g/mol. The molecule has 0 saturated heterocycles. The van der Waals surface area contributed by atoms with Crippen LogP contribution < -0.4 is 0 Å². The molecule has 0 bridgehead atoms. The van der Waals surface area contributed by atoms with Gasteiger partial charge in [0.15, 0.2) is 0 Å². The van der Waals surface area contributed by atoms with E-state index < -0.39 is 11.7 Å². The lowest BCUT2D eigenvalue weighted by Gasteiger charge is -2.12. The van der Waals surface area contributed by atoms with Gasteiger partial charge in [-0.05, 0) is 54.7 Å². The number of rotatable bonds is 4. The molecule has 0 saturated carbocycles. The lowest BCUT2D eigenvalue weighted by molar-refractivity contribution is -0.137. The van der Waals surface area contributed by atoms with E-state index in [4.69, 9.17) is 0 Å². The average molecular weight is 334 g/mol. The van der Waals surface area contributed by atoms with Crippen molar-refractivity contribution in [1.29, 1.82) is 0 Å². The molecule has 0 aliphatic rings. The summed E-state index contributed by atoms with van der Waals surface area (Å²) in [4.78, 5) is 6.27. The highest BCUT2D eigenvalue weighted by Crippen LogP contribution is 2.31. The summed E-state index contributed by atoms with van der Waals surface area (Å²) in [5.74, 6) is 0. The van der Waals surface area contributed by atoms with Gasteiger partial charge >= 0.3 is 6.18 Å². The summed E-state index contributed by atoms with van der Waals surface area (Å²) in [7, 11) is 3.79. The Bertz CT molecular complexity index is 747. The van der Waals surface area contributed by atoms with Gasteiger partial charge in [0.2, 0.25) is 0 Å². The Balaban J connectivity index is 2.29. The highest BCUT2D eigenvalue weighted by atomic mass is 19.4. The number of nitrogens with zero attached hydrogens (tertiary/aromatic N) is 2. The van der Waals surface area contributed by atoms with Crippen molar-refractivity contribution in [3.8, 4) is 0 Å². The average Bonchev–Trinajstić information content (AvgIpc) is 2.48. The lowest BCUT2D eigenvalue weighted by atomic mass is 9.96. The number of hydrogen-bond acceptors (Lipinski definition) is 1. The minimum Gasteiger partial charge on any atom is -0.369 e.